The lowest BCUT2D eigenvalue weighted by atomic mass is 9.98. The number of amides is 1. The van der Waals surface area contributed by atoms with Gasteiger partial charge in [0.1, 0.15) is 5.75 Å². The zero-order valence-corrected chi connectivity index (χ0v) is 15.7. The van der Waals surface area contributed by atoms with E-state index < -0.39 is 6.61 Å². The van der Waals surface area contributed by atoms with Gasteiger partial charge in [0, 0.05) is 13.1 Å². The van der Waals surface area contributed by atoms with E-state index in [1.165, 1.54) is 12.1 Å². The van der Waals surface area contributed by atoms with Gasteiger partial charge < -0.3 is 14.6 Å². The average molecular weight is 394 g/mol. The van der Waals surface area contributed by atoms with E-state index in [1.807, 2.05) is 0 Å². The van der Waals surface area contributed by atoms with Crippen molar-refractivity contribution in [2.75, 3.05) is 26.2 Å². The molecule has 1 saturated heterocycles. The number of aromatic nitrogens is 2. The highest BCUT2D eigenvalue weighted by Crippen LogP contribution is 2.25. The van der Waals surface area contributed by atoms with E-state index >= 15 is 0 Å². The van der Waals surface area contributed by atoms with E-state index in [4.69, 9.17) is 4.52 Å². The van der Waals surface area contributed by atoms with Gasteiger partial charge in [-0.15, -0.1) is 0 Å². The summed E-state index contributed by atoms with van der Waals surface area (Å²) < 4.78 is 33.9. The van der Waals surface area contributed by atoms with Gasteiger partial charge in [-0.05, 0) is 50.4 Å². The maximum Gasteiger partial charge on any atom is 0.387 e. The number of benzene rings is 1. The Hall–Kier alpha value is -2.55. The number of hydrogen-bond acceptors (Lipinski definition) is 6. The monoisotopic (exact) mass is 394 g/mol. The molecule has 1 aliphatic heterocycles. The largest absolute Gasteiger partial charge is 0.435 e. The van der Waals surface area contributed by atoms with Crippen LogP contribution in [0.1, 0.15) is 36.0 Å². The van der Waals surface area contributed by atoms with Gasteiger partial charge in [0.25, 0.3) is 0 Å². The lowest BCUT2D eigenvalue weighted by molar-refractivity contribution is -0.122. The van der Waals surface area contributed by atoms with Gasteiger partial charge in [-0.3, -0.25) is 9.69 Å². The molecule has 1 atom stereocenters. The molecule has 1 N–H and O–H groups in total. The first kappa shape index (κ1) is 20.2. The second kappa shape index (κ2) is 9.59. The highest BCUT2D eigenvalue weighted by molar-refractivity contribution is 5.78. The molecule has 1 aromatic heterocycles. The average Bonchev–Trinajstić information content (AvgIpc) is 3.09. The number of aryl methyl sites for hydroxylation is 1. The summed E-state index contributed by atoms with van der Waals surface area (Å²) in [6.07, 6.45) is 2.57. The number of nitrogens with one attached hydrogen (secondary N) is 1. The molecule has 1 aliphatic rings. The van der Waals surface area contributed by atoms with Crippen molar-refractivity contribution in [1.29, 1.82) is 0 Å². The Morgan fingerprint density at radius 1 is 1.39 bits per heavy atom. The Morgan fingerprint density at radius 3 is 2.86 bits per heavy atom. The summed E-state index contributed by atoms with van der Waals surface area (Å²) in [5, 5.41) is 6.74. The first-order valence-corrected chi connectivity index (χ1v) is 9.32. The Morgan fingerprint density at radius 2 is 2.18 bits per heavy atom. The molecule has 1 amide bonds. The van der Waals surface area contributed by atoms with Crippen molar-refractivity contribution in [2.45, 2.75) is 38.7 Å². The maximum atomic E-state index is 12.2. The molecular weight excluding hydrogens is 370 g/mol. The van der Waals surface area contributed by atoms with Crippen LogP contribution in [-0.4, -0.2) is 53.7 Å². The molecule has 0 aliphatic carbocycles. The van der Waals surface area contributed by atoms with Crippen molar-refractivity contribution < 1.29 is 22.8 Å². The third kappa shape index (κ3) is 5.98. The smallest absolute Gasteiger partial charge is 0.387 e. The lowest BCUT2D eigenvalue weighted by Crippen LogP contribution is -2.42. The number of alkyl halides is 2. The van der Waals surface area contributed by atoms with Gasteiger partial charge in [-0.1, -0.05) is 17.3 Å². The zero-order chi connectivity index (χ0) is 19.9. The minimum absolute atomic E-state index is 0.0417. The Labute approximate surface area is 162 Å². The van der Waals surface area contributed by atoms with Crippen LogP contribution < -0.4 is 10.1 Å². The Balaban J connectivity index is 1.39. The van der Waals surface area contributed by atoms with Crippen molar-refractivity contribution in [3.05, 3.63) is 41.5 Å². The number of piperidine rings is 1. The molecule has 2 heterocycles. The lowest BCUT2D eigenvalue weighted by Gasteiger charge is -2.30. The van der Waals surface area contributed by atoms with Crippen molar-refractivity contribution in [2.24, 2.45) is 0 Å². The van der Waals surface area contributed by atoms with Crippen LogP contribution in [0.3, 0.4) is 0 Å². The summed E-state index contributed by atoms with van der Waals surface area (Å²) in [6.45, 7) is 1.35. The van der Waals surface area contributed by atoms with Gasteiger partial charge in [0.15, 0.2) is 5.82 Å². The SMILES string of the molecule is Cc1noc(C2CCCN(CC(=O)NCCc3ccc(OC(F)F)cc3)C2)n1. The van der Waals surface area contributed by atoms with Crippen LogP contribution in [0.15, 0.2) is 28.8 Å². The number of carbonyl (C=O) groups is 1. The highest BCUT2D eigenvalue weighted by Gasteiger charge is 2.26. The molecule has 1 unspecified atom stereocenters. The fourth-order valence-corrected chi connectivity index (χ4v) is 3.32. The molecule has 7 nitrogen and oxygen atoms in total. The number of halogens is 2. The molecule has 3 rings (SSSR count). The molecule has 2 aromatic rings. The van der Waals surface area contributed by atoms with Gasteiger partial charge in [-0.25, -0.2) is 0 Å². The van der Waals surface area contributed by atoms with Crippen LogP contribution in [0, 0.1) is 6.92 Å². The Kier molecular flexibility index (Phi) is 6.91. The summed E-state index contributed by atoms with van der Waals surface area (Å²) in [5.41, 5.74) is 0.937. The fraction of sp³-hybridized carbons (Fsp3) is 0.526. The number of nitrogens with zero attached hydrogens (tertiary/aromatic N) is 3. The summed E-state index contributed by atoms with van der Waals surface area (Å²) in [4.78, 5) is 18.6. The van der Waals surface area contributed by atoms with Gasteiger partial charge in [0.05, 0.1) is 12.5 Å². The Bertz CT molecular complexity index is 767. The minimum Gasteiger partial charge on any atom is -0.435 e. The van der Waals surface area contributed by atoms with E-state index in [-0.39, 0.29) is 17.6 Å². The number of likely N-dealkylation sites (tertiary alicyclic amines) is 1. The van der Waals surface area contributed by atoms with Crippen LogP contribution in [0.5, 0.6) is 5.75 Å². The van der Waals surface area contributed by atoms with Crippen LogP contribution in [0.4, 0.5) is 8.78 Å². The third-order valence-corrected chi connectivity index (χ3v) is 4.65. The van der Waals surface area contributed by atoms with Gasteiger partial charge in [0.2, 0.25) is 11.8 Å². The number of ether oxygens (including phenoxy) is 1. The quantitative estimate of drug-likeness (QED) is 0.741. The minimum atomic E-state index is -2.83. The molecule has 1 aromatic carbocycles. The van der Waals surface area contributed by atoms with E-state index in [9.17, 15) is 13.6 Å². The van der Waals surface area contributed by atoms with Crippen LogP contribution in [-0.2, 0) is 11.2 Å². The van der Waals surface area contributed by atoms with Crippen LogP contribution >= 0.6 is 0 Å². The first-order chi connectivity index (χ1) is 13.5. The predicted molar refractivity (Wildman–Crippen MR) is 97.2 cm³/mol. The predicted octanol–water partition coefficient (Wildman–Crippen LogP) is 2.52. The summed E-state index contributed by atoms with van der Waals surface area (Å²) in [7, 11) is 0. The molecule has 0 radical (unpaired) electrons. The van der Waals surface area contributed by atoms with Crippen LogP contribution in [0.25, 0.3) is 0 Å². The fourth-order valence-electron chi connectivity index (χ4n) is 3.32. The number of carbonyl (C=O) groups excluding carboxylic acids is 1. The molecule has 0 spiro atoms. The molecular formula is C19H24F2N4O3. The van der Waals surface area contributed by atoms with Crippen LogP contribution in [0.2, 0.25) is 0 Å². The molecule has 1 fully saturated rings. The number of rotatable bonds is 8. The standard InChI is InChI=1S/C19H24F2N4O3/c1-13-23-18(28-24-13)15-3-2-10-25(11-15)12-17(26)22-9-8-14-4-6-16(7-5-14)27-19(20)21/h4-7,15,19H,2-3,8-12H2,1H3,(H,22,26). The molecule has 152 valence electrons. The number of hydrogen-bond donors (Lipinski definition) is 1. The summed E-state index contributed by atoms with van der Waals surface area (Å²) >= 11 is 0. The van der Waals surface area contributed by atoms with Gasteiger partial charge in [-0.2, -0.15) is 13.8 Å². The van der Waals surface area contributed by atoms with E-state index in [0.29, 0.717) is 31.2 Å². The molecule has 0 bridgehead atoms. The first-order valence-electron chi connectivity index (χ1n) is 9.32. The molecule has 9 heteroatoms. The highest BCUT2D eigenvalue weighted by atomic mass is 19.3. The zero-order valence-electron chi connectivity index (χ0n) is 15.7. The summed E-state index contributed by atoms with van der Waals surface area (Å²) in [5.74, 6) is 1.51. The maximum absolute atomic E-state index is 12.2. The molecule has 28 heavy (non-hydrogen) atoms. The topological polar surface area (TPSA) is 80.5 Å². The molecule has 0 saturated carbocycles. The van der Waals surface area contributed by atoms with E-state index in [1.54, 1.807) is 19.1 Å². The van der Waals surface area contributed by atoms with Crippen molar-refractivity contribution in [3.63, 3.8) is 0 Å². The van der Waals surface area contributed by atoms with Gasteiger partial charge >= 0.3 is 6.61 Å². The van der Waals surface area contributed by atoms with Crippen molar-refractivity contribution >= 4 is 5.91 Å². The third-order valence-electron chi connectivity index (χ3n) is 4.65. The van der Waals surface area contributed by atoms with Crippen molar-refractivity contribution in [1.82, 2.24) is 20.4 Å². The summed E-state index contributed by atoms with van der Waals surface area (Å²) in [6, 6.07) is 6.42. The van der Waals surface area contributed by atoms with E-state index in [2.05, 4.69) is 25.1 Å². The normalized spacial score (nSPS) is 17.6. The second-order valence-electron chi connectivity index (χ2n) is 6.88. The van der Waals surface area contributed by atoms with Crippen molar-refractivity contribution in [3.8, 4) is 5.75 Å². The second-order valence-corrected chi connectivity index (χ2v) is 6.88. The van der Waals surface area contributed by atoms with E-state index in [0.717, 1.165) is 31.5 Å².